The molecule has 1 aliphatic rings. The molecule has 1 N–H and O–H groups in total. The van der Waals surface area contributed by atoms with E-state index in [4.69, 9.17) is 4.74 Å². The van der Waals surface area contributed by atoms with Crippen LogP contribution in [0, 0.1) is 0 Å². The highest BCUT2D eigenvalue weighted by Gasteiger charge is 2.26. The minimum atomic E-state index is -3.75. The molecule has 1 aromatic rings. The second kappa shape index (κ2) is 7.11. The fourth-order valence-electron chi connectivity index (χ4n) is 2.55. The molecule has 2 rings (SSSR count). The Morgan fingerprint density at radius 1 is 1.41 bits per heavy atom. The molecule has 6 nitrogen and oxygen atoms in total. The smallest absolute Gasteiger partial charge is 0.303 e. The third-order valence-electron chi connectivity index (χ3n) is 3.71. The Bertz CT molecular complexity index is 630. The van der Waals surface area contributed by atoms with Crippen LogP contribution in [0.3, 0.4) is 0 Å². The van der Waals surface area contributed by atoms with E-state index in [-0.39, 0.29) is 12.3 Å². The molecule has 0 bridgehead atoms. The summed E-state index contributed by atoms with van der Waals surface area (Å²) in [5.74, 6) is 0.277. The van der Waals surface area contributed by atoms with Crippen molar-refractivity contribution >= 4 is 16.1 Å². The summed E-state index contributed by atoms with van der Waals surface area (Å²) in [5, 5.41) is 0. The van der Waals surface area contributed by atoms with Gasteiger partial charge in [0.15, 0.2) is 0 Å². The lowest BCUT2D eigenvalue weighted by atomic mass is 9.90. The zero-order valence-electron chi connectivity index (χ0n) is 12.9. The second-order valence-corrected chi connectivity index (χ2v) is 7.21. The van der Waals surface area contributed by atoms with Crippen LogP contribution in [-0.2, 0) is 15.0 Å². The van der Waals surface area contributed by atoms with Crippen LogP contribution >= 0.6 is 0 Å². The van der Waals surface area contributed by atoms with Gasteiger partial charge in [0.05, 0.1) is 6.61 Å². The molecule has 1 aromatic carbocycles. The van der Waals surface area contributed by atoms with Gasteiger partial charge in [-0.1, -0.05) is 25.1 Å². The van der Waals surface area contributed by atoms with Gasteiger partial charge in [0, 0.05) is 20.0 Å². The zero-order valence-corrected chi connectivity index (χ0v) is 13.7. The first-order valence-electron chi connectivity index (χ1n) is 7.42. The van der Waals surface area contributed by atoms with Crippen LogP contribution in [0.25, 0.3) is 0 Å². The molecule has 1 amide bonds. The first kappa shape index (κ1) is 16.8. The fourth-order valence-corrected chi connectivity index (χ4v) is 3.50. The molecule has 1 heterocycles. The van der Waals surface area contributed by atoms with Crippen molar-refractivity contribution in [3.63, 3.8) is 0 Å². The number of hydrogen-bond donors (Lipinski definition) is 1. The molecule has 22 heavy (non-hydrogen) atoms. The van der Waals surface area contributed by atoms with Crippen molar-refractivity contribution < 1.29 is 17.9 Å². The van der Waals surface area contributed by atoms with E-state index in [1.54, 1.807) is 0 Å². The van der Waals surface area contributed by atoms with Crippen LogP contribution in [0.2, 0.25) is 0 Å². The van der Waals surface area contributed by atoms with Gasteiger partial charge in [-0.2, -0.15) is 12.7 Å². The van der Waals surface area contributed by atoms with Crippen molar-refractivity contribution in [3.05, 3.63) is 29.8 Å². The van der Waals surface area contributed by atoms with Gasteiger partial charge < -0.3 is 4.74 Å². The number of amides is 1. The van der Waals surface area contributed by atoms with Crippen LogP contribution in [-0.4, -0.2) is 38.8 Å². The summed E-state index contributed by atoms with van der Waals surface area (Å²) in [6.07, 6.45) is 1.54. The van der Waals surface area contributed by atoms with E-state index < -0.39 is 16.1 Å². The number of benzene rings is 1. The Hall–Kier alpha value is -1.60. The van der Waals surface area contributed by atoms with E-state index in [1.807, 2.05) is 31.2 Å². The van der Waals surface area contributed by atoms with Gasteiger partial charge >= 0.3 is 10.2 Å². The molecule has 1 atom stereocenters. The summed E-state index contributed by atoms with van der Waals surface area (Å²) >= 11 is 0. The Kier molecular flexibility index (Phi) is 5.42. The molecule has 0 radical (unpaired) electrons. The number of hydrogen-bond acceptors (Lipinski definition) is 4. The molecule has 0 aliphatic carbocycles. The number of ether oxygens (including phenoxy) is 1. The van der Waals surface area contributed by atoms with Crippen LogP contribution in [0.4, 0.5) is 0 Å². The predicted molar refractivity (Wildman–Crippen MR) is 83.9 cm³/mol. The van der Waals surface area contributed by atoms with Gasteiger partial charge in [-0.15, -0.1) is 0 Å². The van der Waals surface area contributed by atoms with E-state index in [9.17, 15) is 13.2 Å². The molecule has 0 saturated heterocycles. The maximum atomic E-state index is 12.1. The third-order valence-corrected chi connectivity index (χ3v) is 5.19. The maximum Gasteiger partial charge on any atom is 0.303 e. The predicted octanol–water partition coefficient (Wildman–Crippen LogP) is 1.65. The molecule has 0 aromatic heterocycles. The number of carbonyl (C=O) groups is 1. The average Bonchev–Trinajstić information content (AvgIpc) is 2.47. The van der Waals surface area contributed by atoms with Gasteiger partial charge in [-0.05, 0) is 30.4 Å². The molecule has 0 saturated carbocycles. The lowest BCUT2D eigenvalue weighted by Gasteiger charge is -2.25. The first-order valence-corrected chi connectivity index (χ1v) is 8.86. The fraction of sp³-hybridized carbons (Fsp3) is 0.533. The molecule has 122 valence electrons. The quantitative estimate of drug-likeness (QED) is 0.862. The van der Waals surface area contributed by atoms with Crippen LogP contribution in [0.15, 0.2) is 24.3 Å². The number of rotatable bonds is 6. The van der Waals surface area contributed by atoms with Gasteiger partial charge in [-0.25, -0.2) is 4.72 Å². The van der Waals surface area contributed by atoms with Crippen molar-refractivity contribution in [2.45, 2.75) is 32.1 Å². The summed E-state index contributed by atoms with van der Waals surface area (Å²) in [4.78, 5) is 12.1. The maximum absolute atomic E-state index is 12.1. The summed E-state index contributed by atoms with van der Waals surface area (Å²) in [5.41, 5.74) is 0.961. The largest absolute Gasteiger partial charge is 0.493 e. The van der Waals surface area contributed by atoms with Crippen molar-refractivity contribution in [1.82, 2.24) is 9.03 Å². The summed E-state index contributed by atoms with van der Waals surface area (Å²) in [7, 11) is -2.29. The highest BCUT2D eigenvalue weighted by Crippen LogP contribution is 2.35. The Labute approximate surface area is 131 Å². The lowest BCUT2D eigenvalue weighted by molar-refractivity contribution is -0.119. The van der Waals surface area contributed by atoms with E-state index in [0.717, 1.165) is 15.6 Å². The SMILES string of the molecule is CCCN(C)S(=O)(=O)NC(=O)C[C@H]1CCOc2ccccc21. The zero-order chi connectivity index (χ0) is 16.2. The second-order valence-electron chi connectivity index (χ2n) is 5.43. The van der Waals surface area contributed by atoms with Crippen LogP contribution in [0.1, 0.15) is 37.7 Å². The van der Waals surface area contributed by atoms with E-state index in [0.29, 0.717) is 26.0 Å². The van der Waals surface area contributed by atoms with Crippen molar-refractivity contribution in [3.8, 4) is 5.75 Å². The number of carbonyl (C=O) groups excluding carboxylic acids is 1. The molecule has 1 aliphatic heterocycles. The average molecular weight is 326 g/mol. The van der Waals surface area contributed by atoms with Crippen molar-refractivity contribution in [2.75, 3.05) is 20.2 Å². The Morgan fingerprint density at radius 2 is 2.14 bits per heavy atom. The monoisotopic (exact) mass is 326 g/mol. The number of nitrogens with zero attached hydrogens (tertiary/aromatic N) is 1. The first-order chi connectivity index (χ1) is 10.4. The molecule has 0 unspecified atom stereocenters. The minimum absolute atomic E-state index is 0.0170. The standard InChI is InChI=1S/C15H22N2O4S/c1-3-9-17(2)22(19,20)16-15(18)11-12-8-10-21-14-7-5-4-6-13(12)14/h4-7,12H,3,8-11H2,1-2H3,(H,16,18)/t12-/m1/s1. The van der Waals surface area contributed by atoms with Gasteiger partial charge in [-0.3, -0.25) is 4.79 Å². The van der Waals surface area contributed by atoms with Gasteiger partial charge in [0.2, 0.25) is 5.91 Å². The van der Waals surface area contributed by atoms with E-state index in [1.165, 1.54) is 7.05 Å². The highest BCUT2D eigenvalue weighted by molar-refractivity contribution is 7.87. The van der Waals surface area contributed by atoms with Gasteiger partial charge in [0.1, 0.15) is 5.75 Å². The molecule has 0 fully saturated rings. The minimum Gasteiger partial charge on any atom is -0.493 e. The molecular formula is C15H22N2O4S. The Morgan fingerprint density at radius 3 is 2.86 bits per heavy atom. The van der Waals surface area contributed by atoms with Crippen LogP contribution in [0.5, 0.6) is 5.75 Å². The topological polar surface area (TPSA) is 75.7 Å². The summed E-state index contributed by atoms with van der Waals surface area (Å²) in [6, 6.07) is 7.56. The lowest BCUT2D eigenvalue weighted by Crippen LogP contribution is -2.42. The molecular weight excluding hydrogens is 304 g/mol. The Balaban J connectivity index is 2.02. The van der Waals surface area contributed by atoms with Crippen LogP contribution < -0.4 is 9.46 Å². The number of para-hydroxylation sites is 1. The van der Waals surface area contributed by atoms with E-state index >= 15 is 0 Å². The summed E-state index contributed by atoms with van der Waals surface area (Å²) in [6.45, 7) is 2.80. The number of fused-ring (bicyclic) bond motifs is 1. The van der Waals surface area contributed by atoms with Crippen molar-refractivity contribution in [1.29, 1.82) is 0 Å². The third kappa shape index (κ3) is 3.98. The summed E-state index contributed by atoms with van der Waals surface area (Å²) < 4.78 is 32.8. The normalized spacial score (nSPS) is 17.7. The number of nitrogens with one attached hydrogen (secondary N) is 1. The molecule has 0 spiro atoms. The van der Waals surface area contributed by atoms with E-state index in [2.05, 4.69) is 4.72 Å². The highest BCUT2D eigenvalue weighted by atomic mass is 32.2. The van der Waals surface area contributed by atoms with Gasteiger partial charge in [0.25, 0.3) is 0 Å². The van der Waals surface area contributed by atoms with Crippen molar-refractivity contribution in [2.24, 2.45) is 0 Å². The molecule has 7 heteroatoms.